The van der Waals surface area contributed by atoms with Crippen molar-refractivity contribution >= 4 is 21.8 Å². The minimum atomic E-state index is 0.132. The van der Waals surface area contributed by atoms with E-state index < -0.39 is 0 Å². The van der Waals surface area contributed by atoms with Crippen LogP contribution < -0.4 is 10.6 Å². The van der Waals surface area contributed by atoms with Crippen LogP contribution in [0.5, 0.6) is 0 Å². The fourth-order valence-electron chi connectivity index (χ4n) is 1.40. The normalized spacial score (nSPS) is 22.4. The predicted molar refractivity (Wildman–Crippen MR) is 56.7 cm³/mol. The van der Waals surface area contributed by atoms with Gasteiger partial charge in [0.25, 0.3) is 0 Å². The summed E-state index contributed by atoms with van der Waals surface area (Å²) in [6, 6.07) is 0. The predicted octanol–water partition coefficient (Wildman–Crippen LogP) is 1.01. The quantitative estimate of drug-likeness (QED) is 0.781. The average molecular weight is 247 g/mol. The lowest BCUT2D eigenvalue weighted by atomic mass is 9.99. The van der Waals surface area contributed by atoms with Crippen LogP contribution in [0, 0.1) is 5.92 Å². The third-order valence-electron chi connectivity index (χ3n) is 2.12. The third-order valence-corrected chi connectivity index (χ3v) is 2.40. The number of hydrogen-bond donors (Lipinski definition) is 2. The van der Waals surface area contributed by atoms with Gasteiger partial charge in [-0.1, -0.05) is 22.5 Å². The number of hydrogen-bond acceptors (Lipinski definition) is 2. The standard InChI is InChI=1S/C9H15BrN2O/c1-7(10)5-12-9(13)8-3-2-4-11-6-8/h8,11H,1-6H2,(H,12,13)/t8-/m1/s1. The highest BCUT2D eigenvalue weighted by atomic mass is 79.9. The Kier molecular flexibility index (Phi) is 4.45. The monoisotopic (exact) mass is 246 g/mol. The molecule has 0 aromatic rings. The molecular formula is C9H15BrN2O. The molecule has 13 heavy (non-hydrogen) atoms. The highest BCUT2D eigenvalue weighted by molar-refractivity contribution is 9.11. The lowest BCUT2D eigenvalue weighted by molar-refractivity contribution is -0.125. The van der Waals surface area contributed by atoms with Crippen molar-refractivity contribution in [3.05, 3.63) is 11.1 Å². The molecule has 1 saturated heterocycles. The summed E-state index contributed by atoms with van der Waals surface area (Å²) in [5, 5.41) is 6.03. The summed E-state index contributed by atoms with van der Waals surface area (Å²) in [5.74, 6) is 0.272. The molecule has 1 heterocycles. The molecule has 0 aliphatic carbocycles. The second kappa shape index (κ2) is 5.40. The van der Waals surface area contributed by atoms with Crippen molar-refractivity contribution in [2.75, 3.05) is 19.6 Å². The van der Waals surface area contributed by atoms with Crippen LogP contribution >= 0.6 is 15.9 Å². The number of nitrogens with one attached hydrogen (secondary N) is 2. The number of rotatable bonds is 3. The number of amides is 1. The van der Waals surface area contributed by atoms with E-state index in [2.05, 4.69) is 33.1 Å². The minimum absolute atomic E-state index is 0.132. The molecule has 1 atom stereocenters. The van der Waals surface area contributed by atoms with E-state index in [1.165, 1.54) is 0 Å². The van der Waals surface area contributed by atoms with E-state index in [9.17, 15) is 4.79 Å². The molecule has 4 heteroatoms. The Balaban J connectivity index is 2.25. The Morgan fingerprint density at radius 2 is 2.46 bits per heavy atom. The van der Waals surface area contributed by atoms with Crippen molar-refractivity contribution in [1.82, 2.24) is 10.6 Å². The number of halogens is 1. The van der Waals surface area contributed by atoms with E-state index in [0.717, 1.165) is 30.4 Å². The van der Waals surface area contributed by atoms with E-state index >= 15 is 0 Å². The van der Waals surface area contributed by atoms with Crippen molar-refractivity contribution in [3.8, 4) is 0 Å². The largest absolute Gasteiger partial charge is 0.351 e. The van der Waals surface area contributed by atoms with Crippen molar-refractivity contribution in [3.63, 3.8) is 0 Å². The molecule has 1 fully saturated rings. The zero-order valence-electron chi connectivity index (χ0n) is 7.61. The third kappa shape index (κ3) is 3.91. The second-order valence-electron chi connectivity index (χ2n) is 3.28. The maximum Gasteiger partial charge on any atom is 0.224 e. The van der Waals surface area contributed by atoms with Crippen molar-refractivity contribution < 1.29 is 4.79 Å². The van der Waals surface area contributed by atoms with E-state index in [-0.39, 0.29) is 11.8 Å². The number of carbonyl (C=O) groups is 1. The minimum Gasteiger partial charge on any atom is -0.351 e. The highest BCUT2D eigenvalue weighted by Gasteiger charge is 2.19. The Bertz CT molecular complexity index is 200. The summed E-state index contributed by atoms with van der Waals surface area (Å²) in [6.45, 7) is 6.02. The SMILES string of the molecule is C=C(Br)CNC(=O)[C@@H]1CCCNC1. The van der Waals surface area contributed by atoms with Gasteiger partial charge in [-0.25, -0.2) is 0 Å². The summed E-state index contributed by atoms with van der Waals surface area (Å²) in [6.07, 6.45) is 2.08. The van der Waals surface area contributed by atoms with Gasteiger partial charge in [-0.05, 0) is 19.4 Å². The summed E-state index contributed by atoms with van der Waals surface area (Å²) in [4.78, 5) is 11.5. The fraction of sp³-hybridized carbons (Fsp3) is 0.667. The van der Waals surface area contributed by atoms with Gasteiger partial charge in [0.2, 0.25) is 5.91 Å². The summed E-state index contributed by atoms with van der Waals surface area (Å²) >= 11 is 3.20. The number of piperidine rings is 1. The smallest absolute Gasteiger partial charge is 0.224 e. The molecule has 0 aromatic heterocycles. The first-order chi connectivity index (χ1) is 6.20. The number of carbonyl (C=O) groups excluding carboxylic acids is 1. The molecular weight excluding hydrogens is 232 g/mol. The zero-order valence-corrected chi connectivity index (χ0v) is 9.19. The van der Waals surface area contributed by atoms with Crippen molar-refractivity contribution in [1.29, 1.82) is 0 Å². The van der Waals surface area contributed by atoms with E-state index in [1.54, 1.807) is 0 Å². The fourth-order valence-corrected chi connectivity index (χ4v) is 1.54. The lowest BCUT2D eigenvalue weighted by Gasteiger charge is -2.21. The molecule has 1 aliphatic heterocycles. The Morgan fingerprint density at radius 1 is 1.69 bits per heavy atom. The van der Waals surface area contributed by atoms with E-state index in [4.69, 9.17) is 0 Å². The van der Waals surface area contributed by atoms with Gasteiger partial charge in [-0.3, -0.25) is 4.79 Å². The highest BCUT2D eigenvalue weighted by Crippen LogP contribution is 2.09. The van der Waals surface area contributed by atoms with Crippen molar-refractivity contribution in [2.45, 2.75) is 12.8 Å². The van der Waals surface area contributed by atoms with Crippen LogP contribution in [0.3, 0.4) is 0 Å². The zero-order chi connectivity index (χ0) is 9.68. The Labute approximate surface area is 87.1 Å². The molecule has 3 nitrogen and oxygen atoms in total. The van der Waals surface area contributed by atoms with Crippen LogP contribution in [0.25, 0.3) is 0 Å². The van der Waals surface area contributed by atoms with Gasteiger partial charge in [0, 0.05) is 17.6 Å². The molecule has 74 valence electrons. The van der Waals surface area contributed by atoms with Crippen LogP contribution in [0.15, 0.2) is 11.1 Å². The van der Waals surface area contributed by atoms with Crippen LogP contribution in [-0.4, -0.2) is 25.5 Å². The van der Waals surface area contributed by atoms with Gasteiger partial charge < -0.3 is 10.6 Å². The molecule has 0 saturated carbocycles. The molecule has 0 aromatic carbocycles. The van der Waals surface area contributed by atoms with E-state index in [1.807, 2.05) is 0 Å². The van der Waals surface area contributed by atoms with Gasteiger partial charge in [-0.2, -0.15) is 0 Å². The second-order valence-corrected chi connectivity index (χ2v) is 4.40. The molecule has 0 spiro atoms. The molecule has 0 radical (unpaired) electrons. The molecule has 2 N–H and O–H groups in total. The first-order valence-electron chi connectivity index (χ1n) is 4.52. The molecule has 1 amide bonds. The van der Waals surface area contributed by atoms with Gasteiger partial charge in [0.1, 0.15) is 0 Å². The summed E-state index contributed by atoms with van der Waals surface area (Å²) in [5.41, 5.74) is 0. The van der Waals surface area contributed by atoms with Crippen LogP contribution in [0.2, 0.25) is 0 Å². The van der Waals surface area contributed by atoms with Gasteiger partial charge in [-0.15, -0.1) is 0 Å². The molecule has 0 unspecified atom stereocenters. The molecule has 1 aliphatic rings. The average Bonchev–Trinajstić information content (AvgIpc) is 2.15. The van der Waals surface area contributed by atoms with Gasteiger partial charge >= 0.3 is 0 Å². The lowest BCUT2D eigenvalue weighted by Crippen LogP contribution is -2.40. The van der Waals surface area contributed by atoms with E-state index in [0.29, 0.717) is 6.54 Å². The topological polar surface area (TPSA) is 41.1 Å². The van der Waals surface area contributed by atoms with Crippen LogP contribution in [0.4, 0.5) is 0 Å². The van der Waals surface area contributed by atoms with Gasteiger partial charge in [0.15, 0.2) is 0 Å². The summed E-state index contributed by atoms with van der Waals surface area (Å²) < 4.78 is 0.810. The van der Waals surface area contributed by atoms with Crippen LogP contribution in [-0.2, 0) is 4.79 Å². The van der Waals surface area contributed by atoms with Crippen molar-refractivity contribution in [2.24, 2.45) is 5.92 Å². The molecule has 0 bridgehead atoms. The maximum atomic E-state index is 11.5. The van der Waals surface area contributed by atoms with Gasteiger partial charge in [0.05, 0.1) is 5.92 Å². The Hall–Kier alpha value is -0.350. The molecule has 1 rings (SSSR count). The maximum absolute atomic E-state index is 11.5. The first-order valence-corrected chi connectivity index (χ1v) is 5.31. The first kappa shape index (κ1) is 10.7. The van der Waals surface area contributed by atoms with Crippen LogP contribution in [0.1, 0.15) is 12.8 Å². The Morgan fingerprint density at radius 3 is 3.00 bits per heavy atom. The summed E-state index contributed by atoms with van der Waals surface area (Å²) in [7, 11) is 0.